The highest BCUT2D eigenvalue weighted by molar-refractivity contribution is 9.10. The molecule has 2 heterocycles. The zero-order valence-corrected chi connectivity index (χ0v) is 12.4. The van der Waals surface area contributed by atoms with E-state index in [-0.39, 0.29) is 5.56 Å². The van der Waals surface area contributed by atoms with Crippen molar-refractivity contribution in [2.75, 3.05) is 5.73 Å². The van der Waals surface area contributed by atoms with E-state index in [1.54, 1.807) is 15.9 Å². The maximum absolute atomic E-state index is 12.3. The summed E-state index contributed by atoms with van der Waals surface area (Å²) in [6.45, 7) is 0.510. The maximum atomic E-state index is 12.3. The third-order valence-corrected chi connectivity index (χ3v) is 4.89. The Morgan fingerprint density at radius 3 is 2.95 bits per heavy atom. The van der Waals surface area contributed by atoms with Crippen LogP contribution in [0.5, 0.6) is 0 Å². The molecule has 96 valence electrons. The molecule has 0 amide bonds. The summed E-state index contributed by atoms with van der Waals surface area (Å²) in [6, 6.07) is 9.53. The molecule has 2 aromatic heterocycles. The fraction of sp³-hybridized carbons (Fsp3) is 0.0714. The fourth-order valence-corrected chi connectivity index (χ4v) is 3.20. The van der Waals surface area contributed by atoms with E-state index in [1.807, 2.05) is 41.9 Å². The molecular weight excluding hydrogens is 324 g/mol. The van der Waals surface area contributed by atoms with Crippen molar-refractivity contribution in [3.05, 3.63) is 62.3 Å². The first kappa shape index (κ1) is 12.4. The van der Waals surface area contributed by atoms with E-state index < -0.39 is 0 Å². The molecule has 3 aromatic rings. The number of pyridine rings is 1. The molecule has 3 nitrogen and oxygen atoms in total. The molecule has 0 saturated carbocycles. The highest BCUT2D eigenvalue weighted by Gasteiger charge is 2.07. The van der Waals surface area contributed by atoms with E-state index in [0.29, 0.717) is 12.2 Å². The Bertz CT molecular complexity index is 807. The quantitative estimate of drug-likeness (QED) is 0.729. The first-order valence-corrected chi connectivity index (χ1v) is 7.43. The SMILES string of the molecule is Nc1cccc(Cn2ccc3sccc3c2=O)c1Br. The van der Waals surface area contributed by atoms with Crippen LogP contribution in [0.1, 0.15) is 5.56 Å². The van der Waals surface area contributed by atoms with Crippen LogP contribution in [0.15, 0.2) is 51.2 Å². The molecule has 5 heteroatoms. The zero-order valence-electron chi connectivity index (χ0n) is 9.97. The van der Waals surface area contributed by atoms with Crippen LogP contribution in [0.3, 0.4) is 0 Å². The summed E-state index contributed by atoms with van der Waals surface area (Å²) in [5.74, 6) is 0. The fourth-order valence-electron chi connectivity index (χ4n) is 2.04. The van der Waals surface area contributed by atoms with Gasteiger partial charge in [0, 0.05) is 21.1 Å². The Labute approximate surface area is 122 Å². The van der Waals surface area contributed by atoms with Crippen molar-refractivity contribution in [3.8, 4) is 0 Å². The molecule has 1 aromatic carbocycles. The van der Waals surface area contributed by atoms with Crippen molar-refractivity contribution in [1.82, 2.24) is 4.57 Å². The van der Waals surface area contributed by atoms with Gasteiger partial charge in [-0.1, -0.05) is 12.1 Å². The lowest BCUT2D eigenvalue weighted by molar-refractivity contribution is 0.766. The highest BCUT2D eigenvalue weighted by Crippen LogP contribution is 2.24. The molecule has 0 unspecified atom stereocenters. The topological polar surface area (TPSA) is 48.0 Å². The predicted octanol–water partition coefficient (Wildman–Crippen LogP) is 3.46. The van der Waals surface area contributed by atoms with Gasteiger partial charge in [0.2, 0.25) is 0 Å². The number of nitrogens with two attached hydrogens (primary N) is 1. The minimum Gasteiger partial charge on any atom is -0.398 e. The number of nitrogen functional groups attached to an aromatic ring is 1. The van der Waals surface area contributed by atoms with Crippen molar-refractivity contribution in [3.63, 3.8) is 0 Å². The number of nitrogens with zero attached hydrogens (tertiary/aromatic N) is 1. The normalized spacial score (nSPS) is 11.0. The van der Waals surface area contributed by atoms with Crippen LogP contribution in [0, 0.1) is 0 Å². The molecule has 0 radical (unpaired) electrons. The van der Waals surface area contributed by atoms with Crippen LogP contribution in [-0.4, -0.2) is 4.57 Å². The molecule has 0 atom stereocenters. The molecule has 0 aliphatic rings. The van der Waals surface area contributed by atoms with Crippen molar-refractivity contribution < 1.29 is 0 Å². The van der Waals surface area contributed by atoms with Crippen LogP contribution < -0.4 is 11.3 Å². The Balaban J connectivity index is 2.08. The van der Waals surface area contributed by atoms with Crippen molar-refractivity contribution in [1.29, 1.82) is 0 Å². The van der Waals surface area contributed by atoms with E-state index in [4.69, 9.17) is 5.73 Å². The predicted molar refractivity (Wildman–Crippen MR) is 83.7 cm³/mol. The van der Waals surface area contributed by atoms with Crippen molar-refractivity contribution >= 4 is 43.0 Å². The number of aromatic nitrogens is 1. The molecule has 2 N–H and O–H groups in total. The third kappa shape index (κ3) is 2.19. The zero-order chi connectivity index (χ0) is 13.4. The lowest BCUT2D eigenvalue weighted by atomic mass is 10.2. The number of hydrogen-bond acceptors (Lipinski definition) is 3. The maximum Gasteiger partial charge on any atom is 0.259 e. The standard InChI is InChI=1S/C14H11BrN2OS/c15-13-9(2-1-3-11(13)16)8-17-6-4-12-10(14(17)18)5-7-19-12/h1-7H,8,16H2. The average molecular weight is 335 g/mol. The van der Waals surface area contributed by atoms with Gasteiger partial charge in [-0.05, 0) is 45.1 Å². The van der Waals surface area contributed by atoms with E-state index in [2.05, 4.69) is 15.9 Å². The number of rotatable bonds is 2. The van der Waals surface area contributed by atoms with Crippen LogP contribution >= 0.6 is 27.3 Å². The molecule has 0 aliphatic carbocycles. The minimum atomic E-state index is 0.0353. The van der Waals surface area contributed by atoms with Crippen LogP contribution in [0.4, 0.5) is 5.69 Å². The molecule has 3 rings (SSSR count). The summed E-state index contributed by atoms with van der Waals surface area (Å²) in [5, 5.41) is 2.71. The van der Waals surface area contributed by atoms with Gasteiger partial charge in [-0.25, -0.2) is 0 Å². The van der Waals surface area contributed by atoms with Gasteiger partial charge < -0.3 is 10.3 Å². The van der Waals surface area contributed by atoms with Gasteiger partial charge in [-0.3, -0.25) is 4.79 Å². The van der Waals surface area contributed by atoms with Crippen LogP contribution in [0.25, 0.3) is 10.1 Å². The van der Waals surface area contributed by atoms with Gasteiger partial charge in [0.15, 0.2) is 0 Å². The number of thiophene rings is 1. The van der Waals surface area contributed by atoms with E-state index in [1.165, 1.54) is 0 Å². The summed E-state index contributed by atoms with van der Waals surface area (Å²) in [7, 11) is 0. The summed E-state index contributed by atoms with van der Waals surface area (Å²) >= 11 is 5.05. The summed E-state index contributed by atoms with van der Waals surface area (Å²) in [6.07, 6.45) is 1.83. The van der Waals surface area contributed by atoms with Crippen LogP contribution in [0.2, 0.25) is 0 Å². The van der Waals surface area contributed by atoms with Crippen molar-refractivity contribution in [2.45, 2.75) is 6.54 Å². The van der Waals surface area contributed by atoms with Gasteiger partial charge in [0.1, 0.15) is 0 Å². The van der Waals surface area contributed by atoms with Gasteiger partial charge in [0.05, 0.1) is 11.9 Å². The molecule has 0 spiro atoms. The van der Waals surface area contributed by atoms with E-state index >= 15 is 0 Å². The molecule has 0 aliphatic heterocycles. The van der Waals surface area contributed by atoms with E-state index in [9.17, 15) is 4.79 Å². The Morgan fingerprint density at radius 2 is 2.11 bits per heavy atom. The van der Waals surface area contributed by atoms with Gasteiger partial charge in [0.25, 0.3) is 5.56 Å². The minimum absolute atomic E-state index is 0.0353. The third-order valence-electron chi connectivity index (χ3n) is 3.04. The Morgan fingerprint density at radius 1 is 1.26 bits per heavy atom. The second kappa shape index (κ2) is 4.83. The lowest BCUT2D eigenvalue weighted by Crippen LogP contribution is -2.19. The molecule has 0 saturated heterocycles. The average Bonchev–Trinajstić information content (AvgIpc) is 2.87. The lowest BCUT2D eigenvalue weighted by Gasteiger charge is -2.09. The molecule has 0 fully saturated rings. The molecule has 19 heavy (non-hydrogen) atoms. The van der Waals surface area contributed by atoms with Crippen molar-refractivity contribution in [2.24, 2.45) is 0 Å². The number of fused-ring (bicyclic) bond motifs is 1. The second-order valence-corrected chi connectivity index (χ2v) is 6.01. The first-order valence-electron chi connectivity index (χ1n) is 5.76. The van der Waals surface area contributed by atoms with Gasteiger partial charge in [-0.2, -0.15) is 0 Å². The molecular formula is C14H11BrN2OS. The highest BCUT2D eigenvalue weighted by atomic mass is 79.9. The number of anilines is 1. The van der Waals surface area contributed by atoms with Crippen LogP contribution in [-0.2, 0) is 6.54 Å². The smallest absolute Gasteiger partial charge is 0.259 e. The monoisotopic (exact) mass is 334 g/mol. The Kier molecular flexibility index (Phi) is 3.16. The number of benzene rings is 1. The largest absolute Gasteiger partial charge is 0.398 e. The summed E-state index contributed by atoms with van der Waals surface area (Å²) in [4.78, 5) is 12.3. The first-order chi connectivity index (χ1) is 9.16. The summed E-state index contributed by atoms with van der Waals surface area (Å²) < 4.78 is 3.58. The number of halogens is 1. The molecule has 0 bridgehead atoms. The Hall–Kier alpha value is -1.59. The van der Waals surface area contributed by atoms with E-state index in [0.717, 1.165) is 20.1 Å². The van der Waals surface area contributed by atoms with Gasteiger partial charge >= 0.3 is 0 Å². The number of hydrogen-bond donors (Lipinski definition) is 1. The summed E-state index contributed by atoms with van der Waals surface area (Å²) in [5.41, 5.74) is 7.57. The second-order valence-electron chi connectivity index (χ2n) is 4.27. The van der Waals surface area contributed by atoms with Gasteiger partial charge in [-0.15, -0.1) is 11.3 Å².